The number of para-hydroxylation sites is 2. The van der Waals surface area contributed by atoms with Crippen LogP contribution in [0.4, 0.5) is 11.4 Å². The van der Waals surface area contributed by atoms with E-state index < -0.39 is 24.4 Å². The second-order valence-electron chi connectivity index (χ2n) is 7.45. The minimum atomic E-state index is -0.656. The van der Waals surface area contributed by atoms with Crippen LogP contribution < -0.4 is 15.0 Å². The molecule has 1 N–H and O–H groups in total. The first-order valence-electron chi connectivity index (χ1n) is 10.3. The Bertz CT molecular complexity index is 1150. The van der Waals surface area contributed by atoms with Crippen molar-refractivity contribution in [2.24, 2.45) is 5.92 Å². The molecule has 3 aromatic carbocycles. The summed E-state index contributed by atoms with van der Waals surface area (Å²) in [5.41, 5.74) is 1.09. The lowest BCUT2D eigenvalue weighted by molar-refractivity contribution is -0.151. The summed E-state index contributed by atoms with van der Waals surface area (Å²) in [7, 11) is 0. The molecule has 168 valence electrons. The second kappa shape index (κ2) is 10.2. The lowest BCUT2D eigenvalue weighted by atomic mass is 10.1. The van der Waals surface area contributed by atoms with Gasteiger partial charge in [-0.3, -0.25) is 14.4 Å². The Morgan fingerprint density at radius 1 is 0.939 bits per heavy atom. The number of nitrogens with zero attached hydrogens (tertiary/aromatic N) is 1. The summed E-state index contributed by atoms with van der Waals surface area (Å²) >= 11 is 6.16. The highest BCUT2D eigenvalue weighted by Gasteiger charge is 2.37. The van der Waals surface area contributed by atoms with Crippen molar-refractivity contribution in [3.05, 3.63) is 83.9 Å². The summed E-state index contributed by atoms with van der Waals surface area (Å²) in [6, 6.07) is 23.1. The van der Waals surface area contributed by atoms with Gasteiger partial charge in [0.2, 0.25) is 5.91 Å². The fourth-order valence-corrected chi connectivity index (χ4v) is 3.69. The molecule has 1 atom stereocenters. The van der Waals surface area contributed by atoms with Crippen LogP contribution in [0.1, 0.15) is 6.42 Å². The summed E-state index contributed by atoms with van der Waals surface area (Å²) in [5.74, 6) is -0.616. The van der Waals surface area contributed by atoms with Crippen molar-refractivity contribution in [2.45, 2.75) is 6.42 Å². The number of hydrogen-bond acceptors (Lipinski definition) is 5. The average molecular weight is 465 g/mol. The molecule has 0 unspecified atom stereocenters. The number of amides is 2. The predicted octanol–water partition coefficient (Wildman–Crippen LogP) is 4.67. The van der Waals surface area contributed by atoms with E-state index in [2.05, 4.69) is 5.32 Å². The molecule has 0 radical (unpaired) electrons. The highest BCUT2D eigenvalue weighted by molar-refractivity contribution is 6.33. The Morgan fingerprint density at radius 3 is 2.33 bits per heavy atom. The first-order chi connectivity index (χ1) is 16.0. The normalized spacial score (nSPS) is 15.2. The van der Waals surface area contributed by atoms with Gasteiger partial charge in [-0.25, -0.2) is 0 Å². The Hall–Kier alpha value is -3.84. The fourth-order valence-electron chi connectivity index (χ4n) is 3.45. The quantitative estimate of drug-likeness (QED) is 0.514. The van der Waals surface area contributed by atoms with Crippen LogP contribution in [-0.4, -0.2) is 30.9 Å². The first kappa shape index (κ1) is 22.4. The molecular weight excluding hydrogens is 444 g/mol. The average Bonchev–Trinajstić information content (AvgIpc) is 3.21. The number of carbonyl (C=O) groups excluding carboxylic acids is 3. The molecule has 0 aliphatic carbocycles. The maximum absolute atomic E-state index is 12.4. The van der Waals surface area contributed by atoms with Gasteiger partial charge in [0, 0.05) is 18.7 Å². The highest BCUT2D eigenvalue weighted by atomic mass is 35.5. The summed E-state index contributed by atoms with van der Waals surface area (Å²) in [5, 5.41) is 3.09. The number of carbonyl (C=O) groups is 3. The van der Waals surface area contributed by atoms with Crippen LogP contribution in [0.5, 0.6) is 11.5 Å². The highest BCUT2D eigenvalue weighted by Crippen LogP contribution is 2.31. The Labute approximate surface area is 195 Å². The van der Waals surface area contributed by atoms with Gasteiger partial charge in [-0.05, 0) is 48.5 Å². The number of esters is 1. The number of nitrogens with one attached hydrogen (secondary N) is 1. The van der Waals surface area contributed by atoms with E-state index in [0.717, 1.165) is 0 Å². The molecule has 0 spiro atoms. The van der Waals surface area contributed by atoms with Crippen molar-refractivity contribution in [3.8, 4) is 11.5 Å². The molecular formula is C25H21ClN2O5. The van der Waals surface area contributed by atoms with E-state index in [1.165, 1.54) is 4.90 Å². The van der Waals surface area contributed by atoms with Crippen molar-refractivity contribution in [2.75, 3.05) is 23.4 Å². The van der Waals surface area contributed by atoms with Crippen molar-refractivity contribution in [1.82, 2.24) is 0 Å². The van der Waals surface area contributed by atoms with Crippen molar-refractivity contribution < 1.29 is 23.9 Å². The van der Waals surface area contributed by atoms with Gasteiger partial charge >= 0.3 is 5.97 Å². The molecule has 2 amide bonds. The smallest absolute Gasteiger partial charge is 0.311 e. The third-order valence-electron chi connectivity index (χ3n) is 5.06. The molecule has 4 rings (SSSR count). The number of ether oxygens (including phenoxy) is 2. The zero-order chi connectivity index (χ0) is 23.2. The minimum absolute atomic E-state index is 0.00848. The number of halogens is 1. The Balaban J connectivity index is 1.25. The third kappa shape index (κ3) is 5.70. The van der Waals surface area contributed by atoms with Crippen LogP contribution in [-0.2, 0) is 19.1 Å². The van der Waals surface area contributed by atoms with Gasteiger partial charge in [-0.15, -0.1) is 0 Å². The molecule has 1 aliphatic rings. The number of anilines is 2. The summed E-state index contributed by atoms with van der Waals surface area (Å²) in [4.78, 5) is 38.4. The Kier molecular flexibility index (Phi) is 6.90. The molecule has 0 saturated carbocycles. The molecule has 3 aromatic rings. The number of hydrogen-bond donors (Lipinski definition) is 1. The SMILES string of the molecule is O=C(COC(=O)[C@@H]1CC(=O)N(c2ccccc2Cl)C1)Nc1ccc(Oc2ccccc2)cc1. The van der Waals surface area contributed by atoms with Gasteiger partial charge in [0.05, 0.1) is 16.6 Å². The van der Waals surface area contributed by atoms with E-state index in [4.69, 9.17) is 21.1 Å². The molecule has 1 saturated heterocycles. The van der Waals surface area contributed by atoms with Gasteiger partial charge in [-0.2, -0.15) is 0 Å². The molecule has 1 aliphatic heterocycles. The second-order valence-corrected chi connectivity index (χ2v) is 7.86. The van der Waals surface area contributed by atoms with E-state index in [-0.39, 0.29) is 18.9 Å². The topological polar surface area (TPSA) is 84.9 Å². The molecule has 0 aromatic heterocycles. The molecule has 1 heterocycles. The van der Waals surface area contributed by atoms with Crippen molar-refractivity contribution >= 4 is 40.8 Å². The largest absolute Gasteiger partial charge is 0.457 e. The van der Waals surface area contributed by atoms with Gasteiger partial charge in [0.15, 0.2) is 6.61 Å². The van der Waals surface area contributed by atoms with Crippen LogP contribution in [0.3, 0.4) is 0 Å². The van der Waals surface area contributed by atoms with Gasteiger partial charge < -0.3 is 19.7 Å². The molecule has 33 heavy (non-hydrogen) atoms. The molecule has 0 bridgehead atoms. The first-order valence-corrected chi connectivity index (χ1v) is 10.7. The monoisotopic (exact) mass is 464 g/mol. The van der Waals surface area contributed by atoms with Crippen molar-refractivity contribution in [3.63, 3.8) is 0 Å². The van der Waals surface area contributed by atoms with Crippen molar-refractivity contribution in [1.29, 1.82) is 0 Å². The molecule has 1 fully saturated rings. The van der Waals surface area contributed by atoms with E-state index in [0.29, 0.717) is 27.9 Å². The fraction of sp³-hybridized carbons (Fsp3) is 0.160. The number of benzene rings is 3. The van der Waals surface area contributed by atoms with Crippen LogP contribution in [0, 0.1) is 5.92 Å². The lowest BCUT2D eigenvalue weighted by Gasteiger charge is -2.17. The maximum atomic E-state index is 12.4. The van der Waals surface area contributed by atoms with E-state index in [9.17, 15) is 14.4 Å². The van der Waals surface area contributed by atoms with E-state index >= 15 is 0 Å². The minimum Gasteiger partial charge on any atom is -0.457 e. The summed E-state index contributed by atoms with van der Waals surface area (Å²) in [6.45, 7) is -0.288. The van der Waals surface area contributed by atoms with Crippen LogP contribution in [0.15, 0.2) is 78.9 Å². The summed E-state index contributed by atoms with van der Waals surface area (Å²) in [6.07, 6.45) is 0.00848. The Morgan fingerprint density at radius 2 is 1.61 bits per heavy atom. The van der Waals surface area contributed by atoms with Gasteiger partial charge in [0.25, 0.3) is 5.91 Å². The third-order valence-corrected chi connectivity index (χ3v) is 5.38. The number of rotatable bonds is 7. The molecule has 7 nitrogen and oxygen atoms in total. The molecule has 8 heteroatoms. The van der Waals surface area contributed by atoms with Gasteiger partial charge in [-0.1, -0.05) is 41.9 Å². The van der Waals surface area contributed by atoms with E-state index in [1.807, 2.05) is 30.3 Å². The van der Waals surface area contributed by atoms with Crippen LogP contribution in [0.25, 0.3) is 0 Å². The van der Waals surface area contributed by atoms with Gasteiger partial charge in [0.1, 0.15) is 11.5 Å². The zero-order valence-corrected chi connectivity index (χ0v) is 18.3. The van der Waals surface area contributed by atoms with E-state index in [1.54, 1.807) is 48.5 Å². The zero-order valence-electron chi connectivity index (χ0n) is 17.6. The predicted molar refractivity (Wildman–Crippen MR) is 124 cm³/mol. The maximum Gasteiger partial charge on any atom is 0.311 e. The van der Waals surface area contributed by atoms with Crippen LogP contribution >= 0.6 is 11.6 Å². The van der Waals surface area contributed by atoms with Crippen LogP contribution in [0.2, 0.25) is 5.02 Å². The standard InChI is InChI=1S/C25H21ClN2O5/c26-21-8-4-5-9-22(21)28-15-17(14-24(28)30)25(31)32-16-23(29)27-18-10-12-20(13-11-18)33-19-6-2-1-3-7-19/h1-13,17H,14-16H2,(H,27,29)/t17-/m1/s1. The lowest BCUT2D eigenvalue weighted by Crippen LogP contribution is -2.28. The summed E-state index contributed by atoms with van der Waals surface area (Å²) < 4.78 is 10.8.